The molecule has 0 bridgehead atoms. The Bertz CT molecular complexity index is 1140. The van der Waals surface area contributed by atoms with E-state index >= 15 is 0 Å². The standard InChI is InChI=1S/C19H17N7O2/c1-12-3-2-4-17(22-12)26-10-15(20-11-26)19(27)25-8-6-14-13(9-25)18(24-23-14)16-5-7-21-28-16/h2-5,7,10-11H,6,8-9H2,1H3,(H,23,24). The van der Waals surface area contributed by atoms with Crippen LogP contribution in [0.5, 0.6) is 0 Å². The number of rotatable bonds is 3. The summed E-state index contributed by atoms with van der Waals surface area (Å²) in [6, 6.07) is 7.49. The lowest BCUT2D eigenvalue weighted by Gasteiger charge is -2.26. The molecule has 5 rings (SSSR count). The minimum Gasteiger partial charge on any atom is -0.355 e. The number of aromatic amines is 1. The predicted octanol–water partition coefficient (Wildman–Crippen LogP) is 2.15. The van der Waals surface area contributed by atoms with Gasteiger partial charge in [-0.2, -0.15) is 5.10 Å². The van der Waals surface area contributed by atoms with Crippen molar-refractivity contribution in [3.05, 3.63) is 65.6 Å². The van der Waals surface area contributed by atoms with E-state index in [0.717, 1.165) is 22.8 Å². The summed E-state index contributed by atoms with van der Waals surface area (Å²) in [6.45, 7) is 2.96. The summed E-state index contributed by atoms with van der Waals surface area (Å²) in [6.07, 6.45) is 5.60. The van der Waals surface area contributed by atoms with Crippen LogP contribution in [0.3, 0.4) is 0 Å². The Morgan fingerprint density at radius 1 is 1.29 bits per heavy atom. The fourth-order valence-corrected chi connectivity index (χ4v) is 3.40. The van der Waals surface area contributed by atoms with Gasteiger partial charge in [0.1, 0.15) is 23.5 Å². The number of amides is 1. The van der Waals surface area contributed by atoms with E-state index in [0.29, 0.717) is 36.7 Å². The Morgan fingerprint density at radius 3 is 3.04 bits per heavy atom. The van der Waals surface area contributed by atoms with Crippen molar-refractivity contribution in [1.82, 2.24) is 34.8 Å². The molecule has 9 nitrogen and oxygen atoms in total. The molecule has 9 heteroatoms. The molecule has 1 N–H and O–H groups in total. The third-order valence-electron chi connectivity index (χ3n) is 4.83. The van der Waals surface area contributed by atoms with Crippen LogP contribution in [0.25, 0.3) is 17.3 Å². The third kappa shape index (κ3) is 2.77. The molecule has 0 aliphatic carbocycles. The van der Waals surface area contributed by atoms with Crippen molar-refractivity contribution >= 4 is 5.91 Å². The van der Waals surface area contributed by atoms with Crippen molar-refractivity contribution in [2.24, 2.45) is 0 Å². The normalized spacial score (nSPS) is 13.5. The summed E-state index contributed by atoms with van der Waals surface area (Å²) in [5.74, 6) is 1.19. The van der Waals surface area contributed by atoms with E-state index in [1.54, 1.807) is 34.3 Å². The third-order valence-corrected chi connectivity index (χ3v) is 4.83. The Hall–Kier alpha value is -3.75. The van der Waals surface area contributed by atoms with Gasteiger partial charge in [-0.05, 0) is 19.1 Å². The number of fused-ring (bicyclic) bond motifs is 1. The second-order valence-electron chi connectivity index (χ2n) is 6.69. The van der Waals surface area contributed by atoms with Crippen molar-refractivity contribution in [3.63, 3.8) is 0 Å². The maximum absolute atomic E-state index is 13.0. The van der Waals surface area contributed by atoms with Crippen molar-refractivity contribution < 1.29 is 9.32 Å². The molecule has 5 heterocycles. The van der Waals surface area contributed by atoms with Crippen LogP contribution in [-0.2, 0) is 13.0 Å². The lowest BCUT2D eigenvalue weighted by Crippen LogP contribution is -2.36. The molecule has 0 saturated carbocycles. The molecular formula is C19H17N7O2. The molecule has 28 heavy (non-hydrogen) atoms. The number of aromatic nitrogens is 6. The number of aryl methyl sites for hydroxylation is 1. The van der Waals surface area contributed by atoms with E-state index < -0.39 is 0 Å². The van der Waals surface area contributed by atoms with E-state index in [1.165, 1.54) is 0 Å². The summed E-state index contributed by atoms with van der Waals surface area (Å²) in [5.41, 5.74) is 3.96. The van der Waals surface area contributed by atoms with Gasteiger partial charge in [0.25, 0.3) is 5.91 Å². The fraction of sp³-hybridized carbons (Fsp3) is 0.211. The van der Waals surface area contributed by atoms with E-state index in [1.807, 2.05) is 25.1 Å². The summed E-state index contributed by atoms with van der Waals surface area (Å²) in [4.78, 5) is 23.5. The molecular weight excluding hydrogens is 358 g/mol. The first-order valence-corrected chi connectivity index (χ1v) is 8.93. The zero-order chi connectivity index (χ0) is 19.1. The first-order valence-electron chi connectivity index (χ1n) is 8.93. The zero-order valence-electron chi connectivity index (χ0n) is 15.2. The number of nitrogens with zero attached hydrogens (tertiary/aromatic N) is 6. The van der Waals surface area contributed by atoms with Gasteiger partial charge in [0, 0.05) is 42.2 Å². The second-order valence-corrected chi connectivity index (χ2v) is 6.69. The highest BCUT2D eigenvalue weighted by Gasteiger charge is 2.28. The average Bonchev–Trinajstić information content (AvgIpc) is 3.46. The lowest BCUT2D eigenvalue weighted by molar-refractivity contribution is 0.0729. The lowest BCUT2D eigenvalue weighted by atomic mass is 10.0. The van der Waals surface area contributed by atoms with Crippen LogP contribution >= 0.6 is 0 Å². The van der Waals surface area contributed by atoms with Crippen LogP contribution in [0.4, 0.5) is 0 Å². The van der Waals surface area contributed by atoms with E-state index in [2.05, 4.69) is 25.3 Å². The second kappa shape index (κ2) is 6.45. The molecule has 140 valence electrons. The van der Waals surface area contributed by atoms with Gasteiger partial charge in [0.05, 0.1) is 12.7 Å². The molecule has 4 aromatic heterocycles. The van der Waals surface area contributed by atoms with Crippen LogP contribution in [0, 0.1) is 6.92 Å². The number of pyridine rings is 1. The molecule has 1 aliphatic heterocycles. The minimum absolute atomic E-state index is 0.123. The molecule has 0 aromatic carbocycles. The molecule has 0 unspecified atom stereocenters. The van der Waals surface area contributed by atoms with E-state index in [4.69, 9.17) is 4.52 Å². The van der Waals surface area contributed by atoms with Crippen LogP contribution in [-0.4, -0.2) is 47.2 Å². The SMILES string of the molecule is Cc1cccc(-n2cnc(C(=O)N3CCc4[nH]nc(-c5ccno5)c4C3)c2)n1. The van der Waals surface area contributed by atoms with Crippen LogP contribution in [0.1, 0.15) is 27.4 Å². The maximum Gasteiger partial charge on any atom is 0.274 e. The van der Waals surface area contributed by atoms with Crippen LogP contribution in [0.15, 0.2) is 47.5 Å². The number of hydrogen-bond donors (Lipinski definition) is 1. The average molecular weight is 375 g/mol. The van der Waals surface area contributed by atoms with Gasteiger partial charge in [-0.25, -0.2) is 9.97 Å². The predicted molar refractivity (Wildman–Crippen MR) is 98.6 cm³/mol. The molecule has 4 aromatic rings. The van der Waals surface area contributed by atoms with Crippen molar-refractivity contribution in [3.8, 4) is 17.3 Å². The fourth-order valence-electron chi connectivity index (χ4n) is 3.40. The smallest absolute Gasteiger partial charge is 0.274 e. The van der Waals surface area contributed by atoms with Gasteiger partial charge in [-0.15, -0.1) is 0 Å². The van der Waals surface area contributed by atoms with Gasteiger partial charge in [-0.3, -0.25) is 14.5 Å². The quantitative estimate of drug-likeness (QED) is 0.588. The van der Waals surface area contributed by atoms with Crippen molar-refractivity contribution in [2.75, 3.05) is 6.54 Å². The largest absolute Gasteiger partial charge is 0.355 e. The minimum atomic E-state index is -0.123. The maximum atomic E-state index is 13.0. The Kier molecular flexibility index (Phi) is 3.78. The van der Waals surface area contributed by atoms with E-state index in [9.17, 15) is 4.79 Å². The highest BCUT2D eigenvalue weighted by Crippen LogP contribution is 2.28. The highest BCUT2D eigenvalue weighted by atomic mass is 16.5. The monoisotopic (exact) mass is 375 g/mol. The van der Waals surface area contributed by atoms with Crippen molar-refractivity contribution in [2.45, 2.75) is 19.9 Å². The van der Waals surface area contributed by atoms with Gasteiger partial charge in [0.15, 0.2) is 5.76 Å². The zero-order valence-corrected chi connectivity index (χ0v) is 15.2. The molecule has 0 fully saturated rings. The van der Waals surface area contributed by atoms with Gasteiger partial charge < -0.3 is 9.42 Å². The number of carbonyl (C=O) groups excluding carboxylic acids is 1. The number of hydrogen-bond acceptors (Lipinski definition) is 6. The van der Waals surface area contributed by atoms with Crippen molar-refractivity contribution in [1.29, 1.82) is 0 Å². The summed E-state index contributed by atoms with van der Waals surface area (Å²) in [7, 11) is 0. The topological polar surface area (TPSA) is 106 Å². The molecule has 0 atom stereocenters. The van der Waals surface area contributed by atoms with Gasteiger partial charge >= 0.3 is 0 Å². The number of imidazole rings is 1. The molecule has 0 spiro atoms. The summed E-state index contributed by atoms with van der Waals surface area (Å²) < 4.78 is 6.99. The Morgan fingerprint density at radius 2 is 2.21 bits per heavy atom. The van der Waals surface area contributed by atoms with E-state index in [-0.39, 0.29) is 5.91 Å². The molecule has 0 saturated heterocycles. The molecule has 1 amide bonds. The number of carbonyl (C=O) groups is 1. The number of nitrogens with one attached hydrogen (secondary N) is 1. The summed E-state index contributed by atoms with van der Waals surface area (Å²) in [5, 5.41) is 11.1. The molecule has 0 radical (unpaired) electrons. The molecule has 1 aliphatic rings. The van der Waals surface area contributed by atoms with Crippen LogP contribution < -0.4 is 0 Å². The Balaban J connectivity index is 1.40. The van der Waals surface area contributed by atoms with Gasteiger partial charge in [-0.1, -0.05) is 11.2 Å². The Labute approximate surface area is 160 Å². The van der Waals surface area contributed by atoms with Gasteiger partial charge in [0.2, 0.25) is 0 Å². The first kappa shape index (κ1) is 16.4. The van der Waals surface area contributed by atoms with Crippen LogP contribution in [0.2, 0.25) is 0 Å². The first-order chi connectivity index (χ1) is 13.7. The summed E-state index contributed by atoms with van der Waals surface area (Å²) >= 11 is 0. The highest BCUT2D eigenvalue weighted by molar-refractivity contribution is 5.92. The number of H-pyrrole nitrogens is 1.